The van der Waals surface area contributed by atoms with Gasteiger partial charge in [0.2, 0.25) is 0 Å². The lowest BCUT2D eigenvalue weighted by Gasteiger charge is -2.35. The van der Waals surface area contributed by atoms with E-state index in [1.807, 2.05) is 12.1 Å². The summed E-state index contributed by atoms with van der Waals surface area (Å²) in [6.07, 6.45) is 5.11. The number of rotatable bonds is 4. The standard InChI is InChI=1S/C15H23FN2/c1-2-14-5-3-4-8-18(14)11-12-6-7-15(16)13(9-12)10-17/h6-7,9,14H,2-5,8,10-11,17H2,1H3. The molecule has 1 aliphatic heterocycles. The average Bonchev–Trinajstić information content (AvgIpc) is 2.41. The molecule has 0 bridgehead atoms. The summed E-state index contributed by atoms with van der Waals surface area (Å²) in [6.45, 7) is 4.61. The minimum atomic E-state index is -0.188. The number of halogens is 1. The minimum absolute atomic E-state index is 0.188. The topological polar surface area (TPSA) is 29.3 Å². The van der Waals surface area contributed by atoms with Crippen molar-refractivity contribution in [2.75, 3.05) is 6.54 Å². The van der Waals surface area contributed by atoms with Gasteiger partial charge in [0.05, 0.1) is 0 Å². The van der Waals surface area contributed by atoms with Crippen LogP contribution in [0.4, 0.5) is 4.39 Å². The van der Waals surface area contributed by atoms with Crippen molar-refractivity contribution in [3.63, 3.8) is 0 Å². The zero-order valence-electron chi connectivity index (χ0n) is 11.2. The molecule has 1 atom stereocenters. The van der Waals surface area contributed by atoms with Crippen LogP contribution in [-0.4, -0.2) is 17.5 Å². The molecule has 0 aliphatic carbocycles. The first-order valence-corrected chi connectivity index (χ1v) is 6.96. The van der Waals surface area contributed by atoms with E-state index in [9.17, 15) is 4.39 Å². The van der Waals surface area contributed by atoms with Crippen molar-refractivity contribution in [3.05, 3.63) is 35.1 Å². The highest BCUT2D eigenvalue weighted by Gasteiger charge is 2.20. The lowest BCUT2D eigenvalue weighted by Crippen LogP contribution is -2.38. The van der Waals surface area contributed by atoms with Crippen LogP contribution in [0.25, 0.3) is 0 Å². The zero-order valence-corrected chi connectivity index (χ0v) is 11.2. The Labute approximate surface area is 109 Å². The molecular formula is C15H23FN2. The van der Waals surface area contributed by atoms with Gasteiger partial charge in [0.15, 0.2) is 0 Å². The van der Waals surface area contributed by atoms with Gasteiger partial charge in [0.1, 0.15) is 5.82 Å². The summed E-state index contributed by atoms with van der Waals surface area (Å²) in [4.78, 5) is 2.52. The first-order valence-electron chi connectivity index (χ1n) is 6.96. The van der Waals surface area contributed by atoms with Crippen LogP contribution in [0.3, 0.4) is 0 Å². The number of nitrogens with zero attached hydrogens (tertiary/aromatic N) is 1. The van der Waals surface area contributed by atoms with Gasteiger partial charge >= 0.3 is 0 Å². The molecule has 2 N–H and O–H groups in total. The Hall–Kier alpha value is -0.930. The van der Waals surface area contributed by atoms with E-state index >= 15 is 0 Å². The van der Waals surface area contributed by atoms with Crippen LogP contribution in [0.15, 0.2) is 18.2 Å². The quantitative estimate of drug-likeness (QED) is 0.890. The summed E-state index contributed by atoms with van der Waals surface area (Å²) in [5.74, 6) is -0.188. The third kappa shape index (κ3) is 3.09. The maximum atomic E-state index is 13.4. The monoisotopic (exact) mass is 250 g/mol. The van der Waals surface area contributed by atoms with Crippen LogP contribution in [0.2, 0.25) is 0 Å². The van der Waals surface area contributed by atoms with E-state index in [2.05, 4.69) is 11.8 Å². The summed E-state index contributed by atoms with van der Waals surface area (Å²) >= 11 is 0. The van der Waals surface area contributed by atoms with Crippen LogP contribution in [0.5, 0.6) is 0 Å². The van der Waals surface area contributed by atoms with Crippen LogP contribution in [0, 0.1) is 5.82 Å². The smallest absolute Gasteiger partial charge is 0.127 e. The lowest BCUT2D eigenvalue weighted by atomic mass is 9.99. The molecule has 0 amide bonds. The highest BCUT2D eigenvalue weighted by Crippen LogP contribution is 2.22. The van der Waals surface area contributed by atoms with Crippen molar-refractivity contribution in [2.45, 2.75) is 51.7 Å². The van der Waals surface area contributed by atoms with Gasteiger partial charge in [-0.1, -0.05) is 25.5 Å². The molecule has 3 heteroatoms. The Balaban J connectivity index is 2.07. The normalized spacial score (nSPS) is 21.2. The van der Waals surface area contributed by atoms with E-state index in [-0.39, 0.29) is 12.4 Å². The predicted octanol–water partition coefficient (Wildman–Crippen LogP) is 3.05. The molecule has 1 saturated heterocycles. The number of benzene rings is 1. The van der Waals surface area contributed by atoms with Crippen LogP contribution in [0.1, 0.15) is 43.7 Å². The third-order valence-corrected chi connectivity index (χ3v) is 3.94. The van der Waals surface area contributed by atoms with Crippen LogP contribution >= 0.6 is 0 Å². The Morgan fingerprint density at radius 2 is 2.22 bits per heavy atom. The second kappa shape index (κ2) is 6.30. The van der Waals surface area contributed by atoms with E-state index in [4.69, 9.17) is 5.73 Å². The maximum Gasteiger partial charge on any atom is 0.127 e. The van der Waals surface area contributed by atoms with Gasteiger partial charge < -0.3 is 5.73 Å². The first-order chi connectivity index (χ1) is 8.74. The van der Waals surface area contributed by atoms with Gasteiger partial charge in [-0.25, -0.2) is 4.39 Å². The summed E-state index contributed by atoms with van der Waals surface area (Å²) in [5, 5.41) is 0. The fourth-order valence-electron chi connectivity index (χ4n) is 2.85. The molecule has 0 aromatic heterocycles. The molecule has 2 rings (SSSR count). The van der Waals surface area contributed by atoms with Crippen molar-refractivity contribution in [3.8, 4) is 0 Å². The first kappa shape index (κ1) is 13.5. The molecule has 2 nitrogen and oxygen atoms in total. The summed E-state index contributed by atoms with van der Waals surface area (Å²) in [6, 6.07) is 6.03. The Bertz CT molecular complexity index is 392. The van der Waals surface area contributed by atoms with Crippen LogP contribution < -0.4 is 5.73 Å². The van der Waals surface area contributed by atoms with Gasteiger partial charge in [-0.15, -0.1) is 0 Å². The number of hydrogen-bond donors (Lipinski definition) is 1. The van der Waals surface area contributed by atoms with Gasteiger partial charge in [0.25, 0.3) is 0 Å². The number of hydrogen-bond acceptors (Lipinski definition) is 2. The largest absolute Gasteiger partial charge is 0.326 e. The van der Waals surface area contributed by atoms with Gasteiger partial charge in [0, 0.05) is 24.7 Å². The molecule has 1 heterocycles. The lowest BCUT2D eigenvalue weighted by molar-refractivity contribution is 0.136. The van der Waals surface area contributed by atoms with Crippen molar-refractivity contribution in [1.29, 1.82) is 0 Å². The fourth-order valence-corrected chi connectivity index (χ4v) is 2.85. The zero-order chi connectivity index (χ0) is 13.0. The Kier molecular flexibility index (Phi) is 4.72. The highest BCUT2D eigenvalue weighted by atomic mass is 19.1. The van der Waals surface area contributed by atoms with E-state index in [0.29, 0.717) is 11.6 Å². The van der Waals surface area contributed by atoms with E-state index in [1.54, 1.807) is 6.07 Å². The predicted molar refractivity (Wildman–Crippen MR) is 72.6 cm³/mol. The summed E-state index contributed by atoms with van der Waals surface area (Å²) < 4.78 is 13.4. The summed E-state index contributed by atoms with van der Waals surface area (Å²) in [5.41, 5.74) is 7.35. The number of piperidine rings is 1. The molecule has 0 saturated carbocycles. The van der Waals surface area contributed by atoms with Crippen LogP contribution in [-0.2, 0) is 13.1 Å². The fraction of sp³-hybridized carbons (Fsp3) is 0.600. The van der Waals surface area contributed by atoms with E-state index < -0.39 is 0 Å². The molecule has 0 spiro atoms. The number of nitrogens with two attached hydrogens (primary N) is 1. The van der Waals surface area contributed by atoms with Crippen molar-refractivity contribution < 1.29 is 4.39 Å². The molecule has 1 aromatic rings. The molecule has 1 fully saturated rings. The average molecular weight is 250 g/mol. The Morgan fingerprint density at radius 1 is 1.39 bits per heavy atom. The van der Waals surface area contributed by atoms with Gasteiger partial charge in [-0.05, 0) is 37.4 Å². The highest BCUT2D eigenvalue weighted by molar-refractivity contribution is 5.25. The third-order valence-electron chi connectivity index (χ3n) is 3.94. The molecule has 100 valence electrons. The Morgan fingerprint density at radius 3 is 2.94 bits per heavy atom. The SMILES string of the molecule is CCC1CCCCN1Cc1ccc(F)c(CN)c1. The van der Waals surface area contributed by atoms with E-state index in [1.165, 1.54) is 31.2 Å². The maximum absolute atomic E-state index is 13.4. The van der Waals surface area contributed by atoms with Gasteiger partial charge in [-0.3, -0.25) is 4.90 Å². The van der Waals surface area contributed by atoms with E-state index in [0.717, 1.165) is 13.1 Å². The van der Waals surface area contributed by atoms with Crippen molar-refractivity contribution in [2.24, 2.45) is 5.73 Å². The second-order valence-electron chi connectivity index (χ2n) is 5.16. The molecule has 1 aliphatic rings. The number of likely N-dealkylation sites (tertiary alicyclic amines) is 1. The molecule has 0 radical (unpaired) electrons. The molecule has 1 unspecified atom stereocenters. The minimum Gasteiger partial charge on any atom is -0.326 e. The second-order valence-corrected chi connectivity index (χ2v) is 5.16. The van der Waals surface area contributed by atoms with Crippen molar-refractivity contribution in [1.82, 2.24) is 4.90 Å². The molecular weight excluding hydrogens is 227 g/mol. The molecule has 18 heavy (non-hydrogen) atoms. The van der Waals surface area contributed by atoms with Gasteiger partial charge in [-0.2, -0.15) is 0 Å². The molecule has 1 aromatic carbocycles. The van der Waals surface area contributed by atoms with Crippen molar-refractivity contribution >= 4 is 0 Å². The summed E-state index contributed by atoms with van der Waals surface area (Å²) in [7, 11) is 0.